The molecule has 4 aromatic rings. The van der Waals surface area contributed by atoms with E-state index in [0.717, 1.165) is 73.4 Å². The van der Waals surface area contributed by atoms with Gasteiger partial charge in [0.2, 0.25) is 0 Å². The fraction of sp³-hybridized carbons (Fsp3) is 0.448. The molecule has 3 heterocycles. The number of piperazine rings is 1. The molecule has 1 N–H and O–H groups in total. The molecule has 1 saturated carbocycles. The minimum atomic E-state index is -0.287. The summed E-state index contributed by atoms with van der Waals surface area (Å²) in [5.41, 5.74) is 3.98. The molecule has 1 unspecified atom stereocenters. The first kappa shape index (κ1) is 24.0. The summed E-state index contributed by atoms with van der Waals surface area (Å²) >= 11 is 0. The smallest absolute Gasteiger partial charge is 0.253 e. The Bertz CT molecular complexity index is 1400. The lowest BCUT2D eigenvalue weighted by Gasteiger charge is -2.39. The highest BCUT2D eigenvalue weighted by atomic mass is 16.1. The lowest BCUT2D eigenvalue weighted by Crippen LogP contribution is -2.48. The Balaban J connectivity index is 1.34. The molecule has 0 amide bonds. The van der Waals surface area contributed by atoms with Crippen molar-refractivity contribution in [3.8, 4) is 0 Å². The molecule has 0 bridgehead atoms. The van der Waals surface area contributed by atoms with Gasteiger partial charge in [0, 0.05) is 43.8 Å². The molecular weight excluding hydrogens is 462 g/mol. The standard InChI is InChI=1S/C29H35N7O/c1-21-12-13-23-19-25(29(37)30-26(23)18-21)27(28-31-32-33-36(28)24-10-6-3-7-11-24)35-16-14-34(15-17-35)20-22-8-4-2-5-9-22/h2,4-5,8-9,12-13,18-19,24,27H,3,6-7,10-11,14-17,20H2,1H3,(H,30,37). The number of benzene rings is 2. The number of hydrogen-bond donors (Lipinski definition) is 1. The largest absolute Gasteiger partial charge is 0.322 e. The lowest BCUT2D eigenvalue weighted by molar-refractivity contribution is 0.0982. The second-order valence-electron chi connectivity index (χ2n) is 10.6. The Labute approximate surface area is 217 Å². The number of rotatable bonds is 6. The van der Waals surface area contributed by atoms with Gasteiger partial charge in [-0.2, -0.15) is 0 Å². The maximum atomic E-state index is 13.5. The lowest BCUT2D eigenvalue weighted by atomic mass is 9.95. The zero-order valence-electron chi connectivity index (χ0n) is 21.5. The van der Waals surface area contributed by atoms with Crippen molar-refractivity contribution in [3.05, 3.63) is 87.5 Å². The van der Waals surface area contributed by atoms with Crippen molar-refractivity contribution >= 4 is 10.9 Å². The van der Waals surface area contributed by atoms with E-state index in [4.69, 9.17) is 0 Å². The fourth-order valence-corrected chi connectivity index (χ4v) is 6.02. The van der Waals surface area contributed by atoms with E-state index >= 15 is 0 Å². The number of fused-ring (bicyclic) bond motifs is 1. The summed E-state index contributed by atoms with van der Waals surface area (Å²) in [6, 6.07) is 18.9. The van der Waals surface area contributed by atoms with Gasteiger partial charge in [0.1, 0.15) is 6.04 Å². The number of tetrazole rings is 1. The summed E-state index contributed by atoms with van der Waals surface area (Å²) in [7, 11) is 0. The Kier molecular flexibility index (Phi) is 6.85. The van der Waals surface area contributed by atoms with E-state index in [2.05, 4.69) is 78.8 Å². The summed E-state index contributed by atoms with van der Waals surface area (Å²) in [6.45, 7) is 6.54. The monoisotopic (exact) mass is 497 g/mol. The molecule has 1 aliphatic heterocycles. The minimum absolute atomic E-state index is 0.0620. The highest BCUT2D eigenvalue weighted by Gasteiger charge is 2.34. The first-order valence-corrected chi connectivity index (χ1v) is 13.6. The molecule has 2 aliphatic rings. The van der Waals surface area contributed by atoms with Crippen LogP contribution in [0, 0.1) is 6.92 Å². The van der Waals surface area contributed by atoms with E-state index in [-0.39, 0.29) is 11.6 Å². The van der Waals surface area contributed by atoms with Crippen LogP contribution in [0.1, 0.15) is 66.7 Å². The first-order valence-electron chi connectivity index (χ1n) is 13.6. The van der Waals surface area contributed by atoms with Gasteiger partial charge in [0.25, 0.3) is 5.56 Å². The first-order chi connectivity index (χ1) is 18.2. The van der Waals surface area contributed by atoms with Gasteiger partial charge >= 0.3 is 0 Å². The molecule has 2 aromatic heterocycles. The van der Waals surface area contributed by atoms with Crippen LogP contribution in [0.3, 0.4) is 0 Å². The molecule has 1 aliphatic carbocycles. The Morgan fingerprint density at radius 2 is 1.76 bits per heavy atom. The number of nitrogens with zero attached hydrogens (tertiary/aromatic N) is 6. The molecule has 2 fully saturated rings. The highest BCUT2D eigenvalue weighted by Crippen LogP contribution is 2.33. The second-order valence-corrected chi connectivity index (χ2v) is 10.6. The van der Waals surface area contributed by atoms with Crippen LogP contribution >= 0.6 is 0 Å². The number of aromatic amines is 1. The molecule has 192 valence electrons. The van der Waals surface area contributed by atoms with Gasteiger partial charge in [-0.3, -0.25) is 14.6 Å². The number of aryl methyl sites for hydroxylation is 1. The van der Waals surface area contributed by atoms with Crippen LogP contribution in [-0.4, -0.2) is 61.2 Å². The average molecular weight is 498 g/mol. The summed E-state index contributed by atoms with van der Waals surface area (Å²) < 4.78 is 2.03. The number of nitrogens with one attached hydrogen (secondary N) is 1. The Hall–Kier alpha value is -3.36. The second kappa shape index (κ2) is 10.6. The van der Waals surface area contributed by atoms with Gasteiger partial charge in [0.15, 0.2) is 5.82 Å². The third-order valence-corrected chi connectivity index (χ3v) is 8.03. The molecular formula is C29H35N7O. The van der Waals surface area contributed by atoms with Crippen molar-refractivity contribution in [2.75, 3.05) is 26.2 Å². The third-order valence-electron chi connectivity index (χ3n) is 8.03. The minimum Gasteiger partial charge on any atom is -0.322 e. The van der Waals surface area contributed by atoms with Crippen LogP contribution in [0.15, 0.2) is 59.4 Å². The van der Waals surface area contributed by atoms with Crippen molar-refractivity contribution in [2.24, 2.45) is 0 Å². The van der Waals surface area contributed by atoms with Gasteiger partial charge in [-0.05, 0) is 58.8 Å². The molecule has 0 spiro atoms. The fourth-order valence-electron chi connectivity index (χ4n) is 6.02. The molecule has 8 nitrogen and oxygen atoms in total. The normalized spacial score (nSPS) is 18.8. The maximum absolute atomic E-state index is 13.5. The van der Waals surface area contributed by atoms with Crippen molar-refractivity contribution in [2.45, 2.75) is 57.7 Å². The number of aromatic nitrogens is 5. The quantitative estimate of drug-likeness (QED) is 0.429. The average Bonchev–Trinajstić information content (AvgIpc) is 3.41. The number of pyridine rings is 1. The van der Waals surface area contributed by atoms with Gasteiger partial charge in [-0.25, -0.2) is 4.68 Å². The van der Waals surface area contributed by atoms with Crippen LogP contribution in [0.4, 0.5) is 0 Å². The topological polar surface area (TPSA) is 82.9 Å². The van der Waals surface area contributed by atoms with Crippen LogP contribution in [0.5, 0.6) is 0 Å². The summed E-state index contributed by atoms with van der Waals surface area (Å²) in [5.74, 6) is 0.792. The van der Waals surface area contributed by atoms with Crippen LogP contribution in [0.2, 0.25) is 0 Å². The van der Waals surface area contributed by atoms with Crippen molar-refractivity contribution in [1.82, 2.24) is 35.0 Å². The van der Waals surface area contributed by atoms with E-state index < -0.39 is 0 Å². The van der Waals surface area contributed by atoms with Crippen LogP contribution in [0.25, 0.3) is 10.9 Å². The number of hydrogen-bond acceptors (Lipinski definition) is 6. The predicted octanol–water partition coefficient (Wildman–Crippen LogP) is 4.24. The van der Waals surface area contributed by atoms with Gasteiger partial charge < -0.3 is 4.98 Å². The van der Waals surface area contributed by atoms with E-state index in [0.29, 0.717) is 6.04 Å². The molecule has 0 radical (unpaired) electrons. The van der Waals surface area contributed by atoms with Crippen molar-refractivity contribution in [1.29, 1.82) is 0 Å². The van der Waals surface area contributed by atoms with Gasteiger partial charge in [-0.15, -0.1) is 5.10 Å². The molecule has 8 heteroatoms. The zero-order chi connectivity index (χ0) is 25.2. The van der Waals surface area contributed by atoms with E-state index in [1.807, 2.05) is 17.7 Å². The molecule has 6 rings (SSSR count). The molecule has 1 saturated heterocycles. The number of H-pyrrole nitrogens is 1. The predicted molar refractivity (Wildman–Crippen MR) is 144 cm³/mol. The van der Waals surface area contributed by atoms with E-state index in [1.54, 1.807) is 0 Å². The SMILES string of the molecule is Cc1ccc2cc(C(c3nnnn3C3CCCCC3)N3CCN(Cc4ccccc4)CC3)c(=O)[nH]c2c1. The van der Waals surface area contributed by atoms with Crippen LogP contribution < -0.4 is 5.56 Å². The van der Waals surface area contributed by atoms with Crippen molar-refractivity contribution < 1.29 is 0 Å². The Morgan fingerprint density at radius 1 is 0.973 bits per heavy atom. The van der Waals surface area contributed by atoms with E-state index in [1.165, 1.54) is 24.8 Å². The maximum Gasteiger partial charge on any atom is 0.253 e. The van der Waals surface area contributed by atoms with Crippen molar-refractivity contribution in [3.63, 3.8) is 0 Å². The van der Waals surface area contributed by atoms with Gasteiger partial charge in [0.05, 0.1) is 6.04 Å². The summed E-state index contributed by atoms with van der Waals surface area (Å²) in [5, 5.41) is 14.2. The molecule has 37 heavy (non-hydrogen) atoms. The van der Waals surface area contributed by atoms with Gasteiger partial charge in [-0.1, -0.05) is 61.7 Å². The highest BCUT2D eigenvalue weighted by molar-refractivity contribution is 5.79. The third kappa shape index (κ3) is 5.08. The zero-order valence-corrected chi connectivity index (χ0v) is 21.5. The molecule has 2 aromatic carbocycles. The summed E-state index contributed by atoms with van der Waals surface area (Å²) in [4.78, 5) is 21.6. The Morgan fingerprint density at radius 3 is 2.54 bits per heavy atom. The molecule has 1 atom stereocenters. The van der Waals surface area contributed by atoms with Crippen LogP contribution in [-0.2, 0) is 6.54 Å². The van der Waals surface area contributed by atoms with E-state index in [9.17, 15) is 4.79 Å². The summed E-state index contributed by atoms with van der Waals surface area (Å²) in [6.07, 6.45) is 5.84.